The molecule has 5 heteroatoms. The molecule has 1 saturated heterocycles. The molecule has 3 rings (SSSR count). The van der Waals surface area contributed by atoms with Crippen LogP contribution in [0.1, 0.15) is 0 Å². The molecule has 13 heavy (non-hydrogen) atoms. The number of thiocarbonyl (C=S) groups is 1. The van der Waals surface area contributed by atoms with Crippen molar-refractivity contribution in [2.45, 2.75) is 6.17 Å². The van der Waals surface area contributed by atoms with Crippen LogP contribution in [0.15, 0.2) is 31.1 Å². The molecule has 4 nitrogen and oxygen atoms in total. The molecule has 2 aliphatic heterocycles. The molecule has 1 unspecified atom stereocenters. The number of aromatic nitrogens is 2. The number of hydrogen-bond donors (Lipinski definition) is 0. The van der Waals surface area contributed by atoms with Crippen LogP contribution >= 0.6 is 12.2 Å². The van der Waals surface area contributed by atoms with Gasteiger partial charge in [-0.3, -0.25) is 4.57 Å². The van der Waals surface area contributed by atoms with E-state index in [1.165, 1.54) is 0 Å². The first kappa shape index (κ1) is 7.08. The van der Waals surface area contributed by atoms with Gasteiger partial charge in [-0.15, -0.1) is 0 Å². The Labute approximate surface area is 81.1 Å². The Kier molecular flexibility index (Phi) is 1.26. The molecule has 0 amide bonds. The lowest BCUT2D eigenvalue weighted by molar-refractivity contribution is 0.505. The van der Waals surface area contributed by atoms with Gasteiger partial charge in [0.05, 0.1) is 6.54 Å². The molecule has 0 spiro atoms. The van der Waals surface area contributed by atoms with Crippen LogP contribution < -0.4 is 0 Å². The SMILES string of the molecule is S=C(N1C=CN2CC21)n1ccnc1. The van der Waals surface area contributed by atoms with Gasteiger partial charge in [-0.1, -0.05) is 0 Å². The van der Waals surface area contributed by atoms with E-state index >= 15 is 0 Å². The Morgan fingerprint density at radius 2 is 2.38 bits per heavy atom. The Bertz CT molecular complexity index is 370. The Morgan fingerprint density at radius 1 is 1.46 bits per heavy atom. The first-order valence-corrected chi connectivity index (χ1v) is 4.52. The second-order valence-corrected chi connectivity index (χ2v) is 3.50. The molecule has 0 aromatic carbocycles. The molecule has 0 bridgehead atoms. The zero-order valence-electron chi connectivity index (χ0n) is 6.87. The third-order valence-electron chi connectivity index (χ3n) is 2.31. The van der Waals surface area contributed by atoms with Gasteiger partial charge in [0.2, 0.25) is 0 Å². The van der Waals surface area contributed by atoms with Crippen molar-refractivity contribution < 1.29 is 0 Å². The fourth-order valence-corrected chi connectivity index (χ4v) is 1.79. The smallest absolute Gasteiger partial charge is 0.186 e. The lowest BCUT2D eigenvalue weighted by atomic mass is 10.6. The van der Waals surface area contributed by atoms with Crippen LogP contribution in [0.25, 0.3) is 0 Å². The Balaban J connectivity index is 1.86. The number of rotatable bonds is 0. The van der Waals surface area contributed by atoms with E-state index in [2.05, 4.69) is 21.0 Å². The minimum Gasteiger partial charge on any atom is -0.350 e. The van der Waals surface area contributed by atoms with Gasteiger partial charge in [0.25, 0.3) is 0 Å². The molecule has 3 heterocycles. The van der Waals surface area contributed by atoms with Gasteiger partial charge in [-0.05, 0) is 12.2 Å². The fraction of sp³-hybridized carbons (Fsp3) is 0.250. The summed E-state index contributed by atoms with van der Waals surface area (Å²) in [4.78, 5) is 8.27. The average Bonchev–Trinajstić information content (AvgIpc) is 2.67. The maximum atomic E-state index is 5.31. The highest BCUT2D eigenvalue weighted by Gasteiger charge is 2.41. The highest BCUT2D eigenvalue weighted by molar-refractivity contribution is 7.80. The summed E-state index contributed by atoms with van der Waals surface area (Å²) >= 11 is 5.31. The monoisotopic (exact) mass is 192 g/mol. The molecule has 66 valence electrons. The third-order valence-corrected chi connectivity index (χ3v) is 2.73. The quantitative estimate of drug-likeness (QED) is 0.440. The molecule has 0 radical (unpaired) electrons. The van der Waals surface area contributed by atoms with Gasteiger partial charge in [-0.25, -0.2) is 4.98 Å². The van der Waals surface area contributed by atoms with Crippen molar-refractivity contribution in [1.29, 1.82) is 0 Å². The minimum absolute atomic E-state index is 0.468. The van der Waals surface area contributed by atoms with Crippen molar-refractivity contribution >= 4 is 17.3 Å². The van der Waals surface area contributed by atoms with Crippen molar-refractivity contribution in [1.82, 2.24) is 19.4 Å². The normalized spacial score (nSPS) is 23.5. The number of hydrogen-bond acceptors (Lipinski definition) is 3. The molecule has 0 N–H and O–H groups in total. The van der Waals surface area contributed by atoms with Gasteiger partial charge in [-0.2, -0.15) is 0 Å². The first-order valence-electron chi connectivity index (χ1n) is 4.11. The average molecular weight is 192 g/mol. The second-order valence-electron chi connectivity index (χ2n) is 3.14. The summed E-state index contributed by atoms with van der Waals surface area (Å²) in [7, 11) is 0. The summed E-state index contributed by atoms with van der Waals surface area (Å²) in [5, 5.41) is 0.791. The van der Waals surface area contributed by atoms with Crippen molar-refractivity contribution in [2.75, 3.05) is 6.54 Å². The van der Waals surface area contributed by atoms with Crippen molar-refractivity contribution in [3.63, 3.8) is 0 Å². The first-order chi connectivity index (χ1) is 6.36. The minimum atomic E-state index is 0.468. The molecular formula is C8H8N4S. The van der Waals surface area contributed by atoms with E-state index in [0.717, 1.165) is 11.7 Å². The largest absolute Gasteiger partial charge is 0.350 e. The third kappa shape index (κ3) is 0.968. The van der Waals surface area contributed by atoms with Crippen LogP contribution in [0.3, 0.4) is 0 Å². The summed E-state index contributed by atoms with van der Waals surface area (Å²) in [6.45, 7) is 1.09. The molecule has 2 aliphatic rings. The van der Waals surface area contributed by atoms with E-state index in [0.29, 0.717) is 6.17 Å². The maximum Gasteiger partial charge on any atom is 0.186 e. The molecule has 1 aromatic heterocycles. The van der Waals surface area contributed by atoms with Crippen LogP contribution in [-0.4, -0.2) is 37.2 Å². The van der Waals surface area contributed by atoms with Crippen molar-refractivity contribution in [3.05, 3.63) is 31.1 Å². The summed E-state index contributed by atoms with van der Waals surface area (Å²) in [6.07, 6.45) is 9.86. The molecular weight excluding hydrogens is 184 g/mol. The molecule has 0 aliphatic carbocycles. The summed E-state index contributed by atoms with van der Waals surface area (Å²) in [5.74, 6) is 0. The summed E-state index contributed by atoms with van der Waals surface area (Å²) < 4.78 is 1.85. The standard InChI is InChI=1S/C8H8N4S/c13-8(11-2-1-9-6-11)12-4-3-10-5-7(10)12/h1-4,6-7H,5H2. The van der Waals surface area contributed by atoms with Crippen LogP contribution in [0.4, 0.5) is 0 Å². The van der Waals surface area contributed by atoms with E-state index in [1.807, 2.05) is 17.0 Å². The van der Waals surface area contributed by atoms with Crippen molar-refractivity contribution in [2.24, 2.45) is 0 Å². The van der Waals surface area contributed by atoms with Crippen LogP contribution in [-0.2, 0) is 0 Å². The molecule has 0 saturated carbocycles. The number of nitrogens with zero attached hydrogens (tertiary/aromatic N) is 4. The van der Waals surface area contributed by atoms with Gasteiger partial charge >= 0.3 is 0 Å². The van der Waals surface area contributed by atoms with Gasteiger partial charge in [0, 0.05) is 24.8 Å². The Morgan fingerprint density at radius 3 is 2.92 bits per heavy atom. The van der Waals surface area contributed by atoms with Gasteiger partial charge in [0.1, 0.15) is 12.5 Å². The van der Waals surface area contributed by atoms with E-state index in [-0.39, 0.29) is 0 Å². The topological polar surface area (TPSA) is 24.1 Å². The van der Waals surface area contributed by atoms with E-state index in [9.17, 15) is 0 Å². The zero-order valence-corrected chi connectivity index (χ0v) is 7.68. The number of fused-ring (bicyclic) bond motifs is 1. The lowest BCUT2D eigenvalue weighted by Gasteiger charge is -2.16. The molecule has 1 aromatic rings. The maximum absolute atomic E-state index is 5.31. The highest BCUT2D eigenvalue weighted by atomic mass is 32.1. The Hall–Kier alpha value is -1.36. The lowest BCUT2D eigenvalue weighted by Crippen LogP contribution is -2.30. The summed E-state index contributed by atoms with van der Waals surface area (Å²) in [6, 6.07) is 0. The molecule has 1 atom stereocenters. The highest BCUT2D eigenvalue weighted by Crippen LogP contribution is 2.28. The van der Waals surface area contributed by atoms with E-state index < -0.39 is 0 Å². The van der Waals surface area contributed by atoms with Crippen LogP contribution in [0.5, 0.6) is 0 Å². The zero-order chi connectivity index (χ0) is 8.84. The van der Waals surface area contributed by atoms with Crippen LogP contribution in [0.2, 0.25) is 0 Å². The van der Waals surface area contributed by atoms with Crippen molar-refractivity contribution in [3.8, 4) is 0 Å². The predicted octanol–water partition coefficient (Wildman–Crippen LogP) is 0.445. The van der Waals surface area contributed by atoms with Crippen LogP contribution in [0, 0.1) is 0 Å². The summed E-state index contributed by atoms with van der Waals surface area (Å²) in [5.41, 5.74) is 0. The fourth-order valence-electron chi connectivity index (χ4n) is 1.50. The van der Waals surface area contributed by atoms with E-state index in [4.69, 9.17) is 12.2 Å². The molecule has 1 fully saturated rings. The van der Waals surface area contributed by atoms with Gasteiger partial charge in [0.15, 0.2) is 5.11 Å². The van der Waals surface area contributed by atoms with E-state index in [1.54, 1.807) is 12.5 Å². The predicted molar refractivity (Wildman–Crippen MR) is 51.7 cm³/mol. The second kappa shape index (κ2) is 2.32. The van der Waals surface area contributed by atoms with Gasteiger partial charge < -0.3 is 9.80 Å². The number of imidazole rings is 1.